The number of barbiturate groups is 1. The average Bonchev–Trinajstić information content (AvgIpc) is 2.70. The van der Waals surface area contributed by atoms with Crippen molar-refractivity contribution in [2.75, 3.05) is 11.5 Å². The number of nitrogens with one attached hydrogen (secondary N) is 1. The Morgan fingerprint density at radius 3 is 2.53 bits per heavy atom. The quantitative estimate of drug-likeness (QED) is 0.322. The molecule has 2 aromatic rings. The predicted octanol–water partition coefficient (Wildman–Crippen LogP) is 5.35. The molecule has 1 aliphatic rings. The molecule has 3 rings (SSSR count). The van der Waals surface area contributed by atoms with Gasteiger partial charge < -0.3 is 4.74 Å². The first kappa shape index (κ1) is 23.6. The van der Waals surface area contributed by atoms with Gasteiger partial charge in [0.25, 0.3) is 11.8 Å². The summed E-state index contributed by atoms with van der Waals surface area (Å²) in [5.41, 5.74) is -1.82. The zero-order valence-corrected chi connectivity index (χ0v) is 18.3. The normalized spacial score (nSPS) is 15.7. The monoisotopic (exact) mass is 528 g/mol. The van der Waals surface area contributed by atoms with E-state index in [9.17, 15) is 27.6 Å². The summed E-state index contributed by atoms with van der Waals surface area (Å²) < 4.78 is 45.5. The molecule has 0 spiro atoms. The second kappa shape index (κ2) is 9.17. The van der Waals surface area contributed by atoms with Crippen molar-refractivity contribution < 1.29 is 32.3 Å². The van der Waals surface area contributed by atoms with E-state index in [-0.39, 0.29) is 11.6 Å². The highest BCUT2D eigenvalue weighted by Gasteiger charge is 2.39. The van der Waals surface area contributed by atoms with Gasteiger partial charge in [-0.15, -0.1) is 0 Å². The van der Waals surface area contributed by atoms with Gasteiger partial charge in [0.2, 0.25) is 0 Å². The highest BCUT2D eigenvalue weighted by molar-refractivity contribution is 9.10. The third kappa shape index (κ3) is 4.86. The molecular weight excluding hydrogens is 517 g/mol. The van der Waals surface area contributed by atoms with Gasteiger partial charge in [-0.25, -0.2) is 9.69 Å². The Morgan fingerprint density at radius 2 is 1.88 bits per heavy atom. The van der Waals surface area contributed by atoms with Crippen molar-refractivity contribution in [1.29, 1.82) is 0 Å². The van der Waals surface area contributed by atoms with E-state index < -0.39 is 40.8 Å². The van der Waals surface area contributed by atoms with Crippen molar-refractivity contribution in [3.05, 3.63) is 75.2 Å². The predicted molar refractivity (Wildman–Crippen MR) is 115 cm³/mol. The number of hydrogen-bond donors (Lipinski definition) is 1. The SMILES string of the molecule is C=CCOc1ccc(Br)cc1/C=C1/C(=O)NC(=O)N(c2cc(C(F)(F)F)ccc2Cl)C1=O. The topological polar surface area (TPSA) is 75.7 Å². The minimum Gasteiger partial charge on any atom is -0.489 e. The molecule has 0 unspecified atom stereocenters. The number of alkyl halides is 3. The smallest absolute Gasteiger partial charge is 0.416 e. The first-order valence-electron chi connectivity index (χ1n) is 8.84. The van der Waals surface area contributed by atoms with E-state index >= 15 is 0 Å². The molecule has 0 aliphatic carbocycles. The fraction of sp³-hybridized carbons (Fsp3) is 0.0952. The maximum Gasteiger partial charge on any atom is 0.416 e. The highest BCUT2D eigenvalue weighted by Crippen LogP contribution is 2.37. The Kier molecular flexibility index (Phi) is 6.75. The zero-order valence-electron chi connectivity index (χ0n) is 16.0. The molecular formula is C21H13BrClF3N2O4. The van der Waals surface area contributed by atoms with Crippen LogP contribution in [0.3, 0.4) is 0 Å². The largest absolute Gasteiger partial charge is 0.489 e. The number of amides is 4. The summed E-state index contributed by atoms with van der Waals surface area (Å²) in [6, 6.07) is 5.77. The van der Waals surface area contributed by atoms with Crippen molar-refractivity contribution in [2.24, 2.45) is 0 Å². The highest BCUT2D eigenvalue weighted by atomic mass is 79.9. The standard InChI is InChI=1S/C21H13BrClF3N2O4/c1-2-7-32-17-6-4-13(22)8-11(17)9-14-18(29)27-20(31)28(19(14)30)16-10-12(21(24,25)26)3-5-15(16)23/h2-6,8-10H,1,7H2,(H,27,29,31)/b14-9-. The Bertz CT molecular complexity index is 1160. The maximum atomic E-state index is 13.1. The zero-order chi connectivity index (χ0) is 23.6. The van der Waals surface area contributed by atoms with Gasteiger partial charge in [0, 0.05) is 10.0 Å². The van der Waals surface area contributed by atoms with Gasteiger partial charge in [0.05, 0.1) is 16.3 Å². The van der Waals surface area contributed by atoms with Gasteiger partial charge in [-0.2, -0.15) is 13.2 Å². The van der Waals surface area contributed by atoms with Gasteiger partial charge >= 0.3 is 12.2 Å². The van der Waals surface area contributed by atoms with E-state index in [1.54, 1.807) is 18.2 Å². The van der Waals surface area contributed by atoms with Crippen LogP contribution in [0.25, 0.3) is 6.08 Å². The van der Waals surface area contributed by atoms with Crippen LogP contribution >= 0.6 is 27.5 Å². The van der Waals surface area contributed by atoms with Gasteiger partial charge in [-0.3, -0.25) is 14.9 Å². The molecule has 0 radical (unpaired) electrons. The fourth-order valence-corrected chi connectivity index (χ4v) is 3.39. The van der Waals surface area contributed by atoms with Gasteiger partial charge in [0.15, 0.2) is 0 Å². The summed E-state index contributed by atoms with van der Waals surface area (Å²) in [6.45, 7) is 3.68. The summed E-state index contributed by atoms with van der Waals surface area (Å²) in [4.78, 5) is 38.2. The summed E-state index contributed by atoms with van der Waals surface area (Å²) >= 11 is 9.25. The minimum absolute atomic E-state index is 0.141. The second-order valence-corrected chi connectivity index (χ2v) is 7.73. The number of benzene rings is 2. The third-order valence-corrected chi connectivity index (χ3v) is 5.06. The number of ether oxygens (including phenoxy) is 1. The molecule has 6 nitrogen and oxygen atoms in total. The molecule has 1 heterocycles. The van der Waals surface area contributed by atoms with Crippen LogP contribution in [0.15, 0.2) is 59.1 Å². The van der Waals surface area contributed by atoms with Crippen LogP contribution in [0.2, 0.25) is 5.02 Å². The van der Waals surface area contributed by atoms with Gasteiger partial charge in [0.1, 0.15) is 17.9 Å². The number of halogens is 5. The van der Waals surface area contributed by atoms with Crippen LogP contribution in [-0.2, 0) is 15.8 Å². The Hall–Kier alpha value is -3.11. The van der Waals surface area contributed by atoms with Crippen molar-refractivity contribution >= 4 is 57.1 Å². The number of carbonyl (C=O) groups excluding carboxylic acids is 3. The number of carbonyl (C=O) groups is 3. The number of hydrogen-bond acceptors (Lipinski definition) is 4. The van der Waals surface area contributed by atoms with Crippen LogP contribution in [0, 0.1) is 0 Å². The molecule has 1 fully saturated rings. The molecule has 0 aromatic heterocycles. The van der Waals surface area contributed by atoms with Crippen molar-refractivity contribution in [2.45, 2.75) is 6.18 Å². The molecule has 0 saturated carbocycles. The minimum atomic E-state index is -4.74. The van der Waals surface area contributed by atoms with Crippen LogP contribution in [0.5, 0.6) is 5.75 Å². The van der Waals surface area contributed by atoms with Gasteiger partial charge in [-0.1, -0.05) is 40.2 Å². The van der Waals surface area contributed by atoms with E-state index in [4.69, 9.17) is 16.3 Å². The Labute approximate surface area is 193 Å². The van der Waals surface area contributed by atoms with Crippen LogP contribution in [0.4, 0.5) is 23.7 Å². The molecule has 1 saturated heterocycles. The van der Waals surface area contributed by atoms with Crippen molar-refractivity contribution in [3.63, 3.8) is 0 Å². The number of nitrogens with zero attached hydrogens (tertiary/aromatic N) is 1. The number of imide groups is 2. The van der Waals surface area contributed by atoms with Gasteiger partial charge in [-0.05, 0) is 42.5 Å². The summed E-state index contributed by atoms with van der Waals surface area (Å²) in [5, 5.41) is 1.66. The van der Waals surface area contributed by atoms with E-state index in [0.717, 1.165) is 6.07 Å². The van der Waals surface area contributed by atoms with Crippen LogP contribution in [-0.4, -0.2) is 24.5 Å². The molecule has 1 aliphatic heterocycles. The van der Waals surface area contributed by atoms with Crippen LogP contribution in [0.1, 0.15) is 11.1 Å². The molecule has 166 valence electrons. The molecule has 4 amide bonds. The summed E-state index contributed by atoms with van der Waals surface area (Å²) in [6.07, 6.45) is -2.08. The fourth-order valence-electron chi connectivity index (χ4n) is 2.80. The second-order valence-electron chi connectivity index (χ2n) is 6.40. The van der Waals surface area contributed by atoms with E-state index in [1.165, 1.54) is 12.2 Å². The number of urea groups is 1. The maximum absolute atomic E-state index is 13.1. The molecule has 0 atom stereocenters. The number of rotatable bonds is 5. The molecule has 2 aromatic carbocycles. The lowest BCUT2D eigenvalue weighted by Gasteiger charge is -2.27. The first-order chi connectivity index (χ1) is 15.0. The molecule has 1 N–H and O–H groups in total. The van der Waals surface area contributed by atoms with Crippen molar-refractivity contribution in [3.8, 4) is 5.75 Å². The van der Waals surface area contributed by atoms with E-state index in [1.807, 2.05) is 5.32 Å². The van der Waals surface area contributed by atoms with E-state index in [0.29, 0.717) is 32.8 Å². The Morgan fingerprint density at radius 1 is 1.16 bits per heavy atom. The Balaban J connectivity index is 2.10. The lowest BCUT2D eigenvalue weighted by Crippen LogP contribution is -2.54. The van der Waals surface area contributed by atoms with Crippen LogP contribution < -0.4 is 15.0 Å². The molecule has 11 heteroatoms. The number of anilines is 1. The summed E-state index contributed by atoms with van der Waals surface area (Å²) in [5.74, 6) is -1.86. The van der Waals surface area contributed by atoms with Crippen molar-refractivity contribution in [1.82, 2.24) is 5.32 Å². The van der Waals surface area contributed by atoms with E-state index in [2.05, 4.69) is 22.5 Å². The molecule has 0 bridgehead atoms. The molecule has 32 heavy (non-hydrogen) atoms. The lowest BCUT2D eigenvalue weighted by atomic mass is 10.1. The average molecular weight is 530 g/mol. The third-order valence-electron chi connectivity index (χ3n) is 4.24. The lowest BCUT2D eigenvalue weighted by molar-refractivity contribution is -0.137. The first-order valence-corrected chi connectivity index (χ1v) is 10.0. The summed E-state index contributed by atoms with van der Waals surface area (Å²) in [7, 11) is 0.